The van der Waals surface area contributed by atoms with E-state index in [0.717, 1.165) is 13.1 Å². The lowest BCUT2D eigenvalue weighted by molar-refractivity contribution is 0.553. The molecule has 0 amide bonds. The maximum absolute atomic E-state index is 3.63. The standard InChI is InChI=1S/C18H29BrN2/c1-3-11-20-14-15-13-16(19)9-10-18(15)21-12-7-5-6-8-17(21)4-2/h9-10,13,17,20H,3-8,11-12,14H2,1-2H3. The number of halogens is 1. The molecule has 0 radical (unpaired) electrons. The van der Waals surface area contributed by atoms with Crippen LogP contribution in [0.3, 0.4) is 0 Å². The van der Waals surface area contributed by atoms with E-state index >= 15 is 0 Å². The summed E-state index contributed by atoms with van der Waals surface area (Å²) in [6.07, 6.45) is 7.87. The van der Waals surface area contributed by atoms with Gasteiger partial charge in [0.05, 0.1) is 0 Å². The van der Waals surface area contributed by atoms with E-state index in [-0.39, 0.29) is 0 Å². The average molecular weight is 353 g/mol. The lowest BCUT2D eigenvalue weighted by Crippen LogP contribution is -2.35. The minimum absolute atomic E-state index is 0.707. The fourth-order valence-electron chi connectivity index (χ4n) is 3.29. The third-order valence-corrected chi connectivity index (χ3v) is 4.93. The first-order chi connectivity index (χ1) is 10.3. The summed E-state index contributed by atoms with van der Waals surface area (Å²) in [7, 11) is 0. The Morgan fingerprint density at radius 2 is 2.10 bits per heavy atom. The summed E-state index contributed by atoms with van der Waals surface area (Å²) in [4.78, 5) is 2.67. The molecule has 2 rings (SSSR count). The lowest BCUT2D eigenvalue weighted by atomic mass is 10.0. The van der Waals surface area contributed by atoms with Gasteiger partial charge in [0.25, 0.3) is 0 Å². The Labute approximate surface area is 138 Å². The van der Waals surface area contributed by atoms with Gasteiger partial charge >= 0.3 is 0 Å². The first kappa shape index (κ1) is 16.8. The van der Waals surface area contributed by atoms with Crippen molar-refractivity contribution in [2.45, 2.75) is 65.0 Å². The highest BCUT2D eigenvalue weighted by Gasteiger charge is 2.21. The summed E-state index contributed by atoms with van der Waals surface area (Å²) in [5.74, 6) is 0. The fraction of sp³-hybridized carbons (Fsp3) is 0.667. The van der Waals surface area contributed by atoms with Crippen molar-refractivity contribution in [3.05, 3.63) is 28.2 Å². The van der Waals surface area contributed by atoms with E-state index in [4.69, 9.17) is 0 Å². The van der Waals surface area contributed by atoms with Crippen LogP contribution in [0.25, 0.3) is 0 Å². The second-order valence-electron chi connectivity index (χ2n) is 6.05. The van der Waals surface area contributed by atoms with Gasteiger partial charge in [0.2, 0.25) is 0 Å². The zero-order valence-electron chi connectivity index (χ0n) is 13.5. The minimum atomic E-state index is 0.707. The Bertz CT molecular complexity index is 433. The van der Waals surface area contributed by atoms with Crippen LogP contribution < -0.4 is 10.2 Å². The van der Waals surface area contributed by atoms with Crippen LogP contribution in [0.2, 0.25) is 0 Å². The first-order valence-electron chi connectivity index (χ1n) is 8.52. The number of nitrogens with zero attached hydrogens (tertiary/aromatic N) is 1. The Kier molecular flexibility index (Phi) is 7.05. The summed E-state index contributed by atoms with van der Waals surface area (Å²) < 4.78 is 1.18. The smallest absolute Gasteiger partial charge is 0.0415 e. The van der Waals surface area contributed by atoms with Gasteiger partial charge < -0.3 is 10.2 Å². The van der Waals surface area contributed by atoms with Crippen LogP contribution in [-0.2, 0) is 6.54 Å². The maximum Gasteiger partial charge on any atom is 0.0415 e. The predicted octanol–water partition coefficient (Wildman–Crippen LogP) is 5.11. The monoisotopic (exact) mass is 352 g/mol. The number of anilines is 1. The van der Waals surface area contributed by atoms with Crippen molar-refractivity contribution in [3.63, 3.8) is 0 Å². The molecular formula is C18H29BrN2. The summed E-state index contributed by atoms with van der Waals surface area (Å²) in [5, 5.41) is 3.56. The Hall–Kier alpha value is -0.540. The second kappa shape index (κ2) is 8.79. The van der Waals surface area contributed by atoms with Gasteiger partial charge in [-0.3, -0.25) is 0 Å². The van der Waals surface area contributed by atoms with E-state index in [1.165, 1.54) is 60.8 Å². The van der Waals surface area contributed by atoms with E-state index in [9.17, 15) is 0 Å². The fourth-order valence-corrected chi connectivity index (χ4v) is 3.70. The molecule has 0 aliphatic carbocycles. The van der Waals surface area contributed by atoms with Gasteiger partial charge in [-0.25, -0.2) is 0 Å². The molecular weight excluding hydrogens is 324 g/mol. The van der Waals surface area contributed by atoms with Crippen LogP contribution in [0.15, 0.2) is 22.7 Å². The molecule has 118 valence electrons. The quantitative estimate of drug-likeness (QED) is 0.715. The van der Waals surface area contributed by atoms with Gasteiger partial charge in [-0.05, 0) is 56.0 Å². The van der Waals surface area contributed by atoms with Gasteiger partial charge in [0, 0.05) is 29.3 Å². The molecule has 3 heteroatoms. The SMILES string of the molecule is CCCNCc1cc(Br)ccc1N1CCCCCC1CC. The molecule has 0 bridgehead atoms. The van der Waals surface area contributed by atoms with E-state index in [1.807, 2.05) is 0 Å². The molecule has 0 aromatic heterocycles. The molecule has 1 aromatic rings. The van der Waals surface area contributed by atoms with Crippen molar-refractivity contribution >= 4 is 21.6 Å². The lowest BCUT2D eigenvalue weighted by Gasteiger charge is -2.33. The number of benzene rings is 1. The molecule has 0 saturated carbocycles. The van der Waals surface area contributed by atoms with Gasteiger partial charge in [0.15, 0.2) is 0 Å². The van der Waals surface area contributed by atoms with Gasteiger partial charge in [-0.2, -0.15) is 0 Å². The zero-order chi connectivity index (χ0) is 15.1. The Morgan fingerprint density at radius 1 is 1.24 bits per heavy atom. The normalized spacial score (nSPS) is 19.6. The van der Waals surface area contributed by atoms with Gasteiger partial charge in [-0.15, -0.1) is 0 Å². The molecule has 1 saturated heterocycles. The summed E-state index contributed by atoms with van der Waals surface area (Å²) in [6, 6.07) is 7.49. The number of rotatable bonds is 6. The molecule has 1 heterocycles. The van der Waals surface area contributed by atoms with Gasteiger partial charge in [0.1, 0.15) is 0 Å². The van der Waals surface area contributed by atoms with Crippen molar-refractivity contribution in [2.24, 2.45) is 0 Å². The van der Waals surface area contributed by atoms with Crippen molar-refractivity contribution in [1.82, 2.24) is 5.32 Å². The van der Waals surface area contributed by atoms with Crippen molar-refractivity contribution in [1.29, 1.82) is 0 Å². The molecule has 1 unspecified atom stereocenters. The topological polar surface area (TPSA) is 15.3 Å². The molecule has 1 fully saturated rings. The third-order valence-electron chi connectivity index (χ3n) is 4.44. The van der Waals surface area contributed by atoms with Crippen LogP contribution in [0.1, 0.15) is 57.9 Å². The second-order valence-corrected chi connectivity index (χ2v) is 6.97. The van der Waals surface area contributed by atoms with Crippen molar-refractivity contribution < 1.29 is 0 Å². The van der Waals surface area contributed by atoms with E-state index < -0.39 is 0 Å². The molecule has 1 aliphatic rings. The van der Waals surface area contributed by atoms with Crippen molar-refractivity contribution in [2.75, 3.05) is 18.0 Å². The summed E-state index contributed by atoms with van der Waals surface area (Å²) >= 11 is 3.63. The maximum atomic E-state index is 3.63. The highest BCUT2D eigenvalue weighted by Crippen LogP contribution is 2.30. The minimum Gasteiger partial charge on any atom is -0.368 e. The van der Waals surface area contributed by atoms with E-state index in [1.54, 1.807) is 0 Å². The molecule has 1 aromatic carbocycles. The van der Waals surface area contributed by atoms with E-state index in [2.05, 4.69) is 58.2 Å². The van der Waals surface area contributed by atoms with Crippen LogP contribution in [0.4, 0.5) is 5.69 Å². The van der Waals surface area contributed by atoms with E-state index in [0.29, 0.717) is 6.04 Å². The van der Waals surface area contributed by atoms with Gasteiger partial charge in [-0.1, -0.05) is 42.6 Å². The van der Waals surface area contributed by atoms with Crippen LogP contribution in [0.5, 0.6) is 0 Å². The average Bonchev–Trinajstić information content (AvgIpc) is 2.73. The van der Waals surface area contributed by atoms with Crippen molar-refractivity contribution in [3.8, 4) is 0 Å². The van der Waals surface area contributed by atoms with Crippen LogP contribution in [0, 0.1) is 0 Å². The molecule has 0 spiro atoms. The number of hydrogen-bond donors (Lipinski definition) is 1. The summed E-state index contributed by atoms with van der Waals surface area (Å²) in [5.41, 5.74) is 2.87. The predicted molar refractivity (Wildman–Crippen MR) is 96.0 cm³/mol. The zero-order valence-corrected chi connectivity index (χ0v) is 15.1. The highest BCUT2D eigenvalue weighted by molar-refractivity contribution is 9.10. The first-order valence-corrected chi connectivity index (χ1v) is 9.31. The largest absolute Gasteiger partial charge is 0.368 e. The number of nitrogens with one attached hydrogen (secondary N) is 1. The third kappa shape index (κ3) is 4.72. The molecule has 1 N–H and O–H groups in total. The highest BCUT2D eigenvalue weighted by atomic mass is 79.9. The molecule has 1 aliphatic heterocycles. The Morgan fingerprint density at radius 3 is 2.86 bits per heavy atom. The van der Waals surface area contributed by atoms with Crippen LogP contribution >= 0.6 is 15.9 Å². The molecule has 21 heavy (non-hydrogen) atoms. The summed E-state index contributed by atoms with van der Waals surface area (Å²) in [6.45, 7) is 7.81. The van der Waals surface area contributed by atoms with Crippen LogP contribution in [-0.4, -0.2) is 19.1 Å². The Balaban J connectivity index is 2.22. The molecule has 2 nitrogen and oxygen atoms in total. The number of hydrogen-bond acceptors (Lipinski definition) is 2. The molecule has 1 atom stereocenters.